The van der Waals surface area contributed by atoms with Gasteiger partial charge in [-0.3, -0.25) is 0 Å². The highest BCUT2D eigenvalue weighted by Crippen LogP contribution is 2.37. The van der Waals surface area contributed by atoms with Crippen molar-refractivity contribution in [1.82, 2.24) is 5.32 Å². The summed E-state index contributed by atoms with van der Waals surface area (Å²) in [7, 11) is 0. The molecule has 0 bridgehead atoms. The van der Waals surface area contributed by atoms with Crippen molar-refractivity contribution in [3.8, 4) is 0 Å². The summed E-state index contributed by atoms with van der Waals surface area (Å²) < 4.78 is 52.5. The van der Waals surface area contributed by atoms with Crippen molar-refractivity contribution in [1.29, 1.82) is 0 Å². The Labute approximate surface area is 120 Å². The molecule has 0 heterocycles. The van der Waals surface area contributed by atoms with Crippen LogP contribution in [0.2, 0.25) is 5.02 Å². The number of hydrogen-bond acceptors (Lipinski definition) is 1. The van der Waals surface area contributed by atoms with Crippen LogP contribution in [0.5, 0.6) is 0 Å². The van der Waals surface area contributed by atoms with Gasteiger partial charge in [-0.05, 0) is 18.9 Å². The van der Waals surface area contributed by atoms with Gasteiger partial charge in [0, 0.05) is 18.2 Å². The van der Waals surface area contributed by atoms with Crippen molar-refractivity contribution in [3.63, 3.8) is 0 Å². The van der Waals surface area contributed by atoms with Gasteiger partial charge in [0.15, 0.2) is 0 Å². The molecule has 20 heavy (non-hydrogen) atoms. The number of benzene rings is 1. The van der Waals surface area contributed by atoms with Crippen LogP contribution in [0.4, 0.5) is 17.6 Å². The second-order valence-electron chi connectivity index (χ2n) is 5.13. The van der Waals surface area contributed by atoms with Gasteiger partial charge in [-0.2, -0.15) is 13.2 Å². The summed E-state index contributed by atoms with van der Waals surface area (Å²) in [4.78, 5) is 0. The van der Waals surface area contributed by atoms with Gasteiger partial charge < -0.3 is 5.32 Å². The predicted molar refractivity (Wildman–Crippen MR) is 70.1 cm³/mol. The van der Waals surface area contributed by atoms with Crippen LogP contribution in [0.3, 0.4) is 0 Å². The Balaban J connectivity index is 2.03. The zero-order chi connectivity index (χ0) is 14.8. The second-order valence-corrected chi connectivity index (χ2v) is 5.54. The smallest absolute Gasteiger partial charge is 0.309 e. The third-order valence-electron chi connectivity index (χ3n) is 3.77. The normalized spacial score (nSPS) is 23.9. The van der Waals surface area contributed by atoms with E-state index in [1.807, 2.05) is 0 Å². The van der Waals surface area contributed by atoms with Crippen LogP contribution in [0.15, 0.2) is 18.2 Å². The van der Waals surface area contributed by atoms with Crippen LogP contribution in [0.1, 0.15) is 31.2 Å². The zero-order valence-electron chi connectivity index (χ0n) is 10.8. The highest BCUT2D eigenvalue weighted by Gasteiger charge is 2.45. The Morgan fingerprint density at radius 1 is 1.20 bits per heavy atom. The lowest BCUT2D eigenvalue weighted by Gasteiger charge is -2.33. The average Bonchev–Trinajstić information content (AvgIpc) is 2.40. The largest absolute Gasteiger partial charge is 0.393 e. The molecular weight excluding hydrogens is 294 g/mol. The minimum atomic E-state index is -4.20. The Morgan fingerprint density at radius 3 is 2.60 bits per heavy atom. The molecule has 1 nitrogen and oxygen atoms in total. The number of rotatable bonds is 3. The quantitative estimate of drug-likeness (QED) is 0.799. The molecule has 2 unspecified atom stereocenters. The summed E-state index contributed by atoms with van der Waals surface area (Å²) in [5.41, 5.74) is 0.295. The maximum absolute atomic E-state index is 13.7. The molecule has 0 aliphatic heterocycles. The standard InChI is InChI=1S/C14H16ClF4N/c15-11-6-3-4-9(13(11)16)8-20-12-7-2-1-5-10(12)14(17,18)19/h3-4,6,10,12,20H,1-2,5,7-8H2. The summed E-state index contributed by atoms with van der Waals surface area (Å²) in [6, 6.07) is 3.88. The minimum absolute atomic E-state index is 0.0136. The molecule has 112 valence electrons. The van der Waals surface area contributed by atoms with Crippen molar-refractivity contribution >= 4 is 11.6 Å². The molecule has 0 radical (unpaired) electrons. The van der Waals surface area contributed by atoms with Crippen LogP contribution >= 0.6 is 11.6 Å². The average molecular weight is 310 g/mol. The van der Waals surface area contributed by atoms with Gasteiger partial charge in [-0.25, -0.2) is 4.39 Å². The van der Waals surface area contributed by atoms with Gasteiger partial charge in [0.2, 0.25) is 0 Å². The SMILES string of the molecule is Fc1c(Cl)cccc1CNC1CCCCC1C(F)(F)F. The molecule has 2 rings (SSSR count). The topological polar surface area (TPSA) is 12.0 Å². The molecule has 1 aliphatic carbocycles. The molecule has 1 aromatic rings. The van der Waals surface area contributed by atoms with E-state index in [9.17, 15) is 17.6 Å². The fraction of sp³-hybridized carbons (Fsp3) is 0.571. The molecule has 1 N–H and O–H groups in total. The maximum Gasteiger partial charge on any atom is 0.393 e. The van der Waals surface area contributed by atoms with Crippen LogP contribution in [-0.4, -0.2) is 12.2 Å². The fourth-order valence-corrected chi connectivity index (χ4v) is 2.89. The van der Waals surface area contributed by atoms with Crippen LogP contribution < -0.4 is 5.32 Å². The van der Waals surface area contributed by atoms with E-state index in [1.165, 1.54) is 12.1 Å². The summed E-state index contributed by atoms with van der Waals surface area (Å²) in [5, 5.41) is 2.83. The maximum atomic E-state index is 13.7. The highest BCUT2D eigenvalue weighted by molar-refractivity contribution is 6.30. The highest BCUT2D eigenvalue weighted by atomic mass is 35.5. The molecule has 0 amide bonds. The van der Waals surface area contributed by atoms with Crippen molar-refractivity contribution < 1.29 is 17.6 Å². The van der Waals surface area contributed by atoms with Crippen LogP contribution in [0.25, 0.3) is 0 Å². The summed E-state index contributed by atoms with van der Waals surface area (Å²) >= 11 is 5.65. The molecular formula is C14H16ClF4N. The lowest BCUT2D eigenvalue weighted by molar-refractivity contribution is -0.189. The second kappa shape index (κ2) is 6.31. The molecule has 1 aromatic carbocycles. The number of nitrogens with one attached hydrogen (secondary N) is 1. The molecule has 2 atom stereocenters. The Bertz CT molecular complexity index is 461. The van der Waals surface area contributed by atoms with Crippen LogP contribution in [-0.2, 0) is 6.54 Å². The van der Waals surface area contributed by atoms with E-state index < -0.39 is 24.0 Å². The van der Waals surface area contributed by atoms with Crippen LogP contribution in [0, 0.1) is 11.7 Å². The van der Waals surface area contributed by atoms with Crippen molar-refractivity contribution in [2.24, 2.45) is 5.92 Å². The zero-order valence-corrected chi connectivity index (χ0v) is 11.6. The third-order valence-corrected chi connectivity index (χ3v) is 4.06. The van der Waals surface area contributed by atoms with Crippen molar-refractivity contribution in [3.05, 3.63) is 34.6 Å². The Hall–Kier alpha value is -0.810. The number of halogens is 5. The predicted octanol–water partition coefficient (Wildman–Crippen LogP) is 4.69. The van der Waals surface area contributed by atoms with E-state index in [2.05, 4.69) is 5.32 Å². The summed E-state index contributed by atoms with van der Waals surface area (Å²) in [6.07, 6.45) is -2.24. The van der Waals surface area contributed by atoms with E-state index in [0.717, 1.165) is 6.42 Å². The molecule has 1 aliphatic rings. The van der Waals surface area contributed by atoms with Gasteiger partial charge in [0.25, 0.3) is 0 Å². The lowest BCUT2D eigenvalue weighted by Crippen LogP contribution is -2.45. The number of hydrogen-bond donors (Lipinski definition) is 1. The third kappa shape index (κ3) is 3.64. The Morgan fingerprint density at radius 2 is 1.90 bits per heavy atom. The summed E-state index contributed by atoms with van der Waals surface area (Å²) in [6.45, 7) is 0.0592. The van der Waals surface area contributed by atoms with Gasteiger partial charge >= 0.3 is 6.18 Å². The molecule has 0 saturated heterocycles. The van der Waals surface area contributed by atoms with E-state index >= 15 is 0 Å². The molecule has 0 aromatic heterocycles. The number of alkyl halides is 3. The fourth-order valence-electron chi connectivity index (χ4n) is 2.69. The first kappa shape index (κ1) is 15.6. The molecule has 1 fully saturated rings. The van der Waals surface area contributed by atoms with Gasteiger partial charge in [-0.1, -0.05) is 36.6 Å². The van der Waals surface area contributed by atoms with Gasteiger partial charge in [-0.15, -0.1) is 0 Å². The lowest BCUT2D eigenvalue weighted by atomic mass is 9.84. The monoisotopic (exact) mass is 309 g/mol. The van der Waals surface area contributed by atoms with Gasteiger partial charge in [0.05, 0.1) is 10.9 Å². The first-order chi connectivity index (χ1) is 9.39. The molecule has 6 heteroatoms. The van der Waals surface area contributed by atoms with E-state index in [-0.39, 0.29) is 18.0 Å². The van der Waals surface area contributed by atoms with Gasteiger partial charge in [0.1, 0.15) is 5.82 Å². The first-order valence-electron chi connectivity index (χ1n) is 6.62. The van der Waals surface area contributed by atoms with E-state index in [4.69, 9.17) is 11.6 Å². The first-order valence-corrected chi connectivity index (χ1v) is 7.00. The molecule has 0 spiro atoms. The minimum Gasteiger partial charge on any atom is -0.309 e. The van der Waals surface area contributed by atoms with Crippen molar-refractivity contribution in [2.45, 2.75) is 44.4 Å². The van der Waals surface area contributed by atoms with E-state index in [1.54, 1.807) is 6.07 Å². The van der Waals surface area contributed by atoms with Crippen molar-refractivity contribution in [2.75, 3.05) is 0 Å². The Kier molecular flexibility index (Phi) is 4.91. The van der Waals surface area contributed by atoms with E-state index in [0.29, 0.717) is 18.4 Å². The summed E-state index contributed by atoms with van der Waals surface area (Å²) in [5.74, 6) is -1.92. The molecule has 1 saturated carbocycles.